The molecule has 0 radical (unpaired) electrons. The van der Waals surface area contributed by atoms with Gasteiger partial charge in [0, 0.05) is 18.2 Å². The fourth-order valence-electron chi connectivity index (χ4n) is 3.08. The number of nitrogens with one attached hydrogen (secondary N) is 1. The first-order chi connectivity index (χ1) is 10.8. The van der Waals surface area contributed by atoms with Crippen LogP contribution in [-0.4, -0.2) is 10.5 Å². The van der Waals surface area contributed by atoms with Crippen LogP contribution < -0.4 is 5.32 Å². The van der Waals surface area contributed by atoms with Crippen molar-refractivity contribution in [2.75, 3.05) is 5.32 Å². The molecule has 1 aliphatic rings. The minimum absolute atomic E-state index is 0.0336. The van der Waals surface area contributed by atoms with Crippen molar-refractivity contribution < 1.29 is 4.79 Å². The average molecular weight is 288 g/mol. The Morgan fingerprint density at radius 2 is 1.68 bits per heavy atom. The van der Waals surface area contributed by atoms with Gasteiger partial charge in [-0.1, -0.05) is 48.5 Å². The lowest BCUT2D eigenvalue weighted by Crippen LogP contribution is -2.25. The Kier molecular flexibility index (Phi) is 3.04. The molecule has 1 N–H and O–H groups in total. The van der Waals surface area contributed by atoms with E-state index < -0.39 is 0 Å². The first kappa shape index (κ1) is 12.9. The molecule has 0 aliphatic carbocycles. The van der Waals surface area contributed by atoms with Gasteiger partial charge >= 0.3 is 0 Å². The first-order valence-corrected chi connectivity index (χ1v) is 7.44. The van der Waals surface area contributed by atoms with E-state index in [4.69, 9.17) is 0 Å². The number of anilines is 1. The van der Waals surface area contributed by atoms with Crippen LogP contribution >= 0.6 is 0 Å². The number of benzene rings is 2. The van der Waals surface area contributed by atoms with Crippen LogP contribution in [0, 0.1) is 0 Å². The van der Waals surface area contributed by atoms with Crippen LogP contribution in [0.2, 0.25) is 0 Å². The summed E-state index contributed by atoms with van der Waals surface area (Å²) >= 11 is 0. The Bertz CT molecular complexity index is 820. The number of aromatic nitrogens is 1. The summed E-state index contributed by atoms with van der Waals surface area (Å²) in [5.74, 6) is 0.0336. The van der Waals surface area contributed by atoms with E-state index in [1.54, 1.807) is 0 Å². The highest BCUT2D eigenvalue weighted by Gasteiger charge is 2.27. The minimum Gasteiger partial charge on any atom is -0.335 e. The summed E-state index contributed by atoms with van der Waals surface area (Å²) in [4.78, 5) is 12.7. The molecule has 0 bridgehead atoms. The van der Waals surface area contributed by atoms with Crippen molar-refractivity contribution in [2.24, 2.45) is 0 Å². The van der Waals surface area contributed by atoms with Gasteiger partial charge in [-0.3, -0.25) is 4.79 Å². The van der Waals surface area contributed by atoms with E-state index in [0.29, 0.717) is 6.42 Å². The third-order valence-electron chi connectivity index (χ3n) is 4.15. The normalized spacial score (nSPS) is 16.4. The maximum Gasteiger partial charge on any atom is 0.247 e. The number of carbonyl (C=O) groups is 1. The van der Waals surface area contributed by atoms with Crippen molar-refractivity contribution in [1.82, 2.24) is 4.57 Å². The molecule has 1 aromatic heterocycles. The van der Waals surface area contributed by atoms with Crippen LogP contribution in [0.15, 0.2) is 72.9 Å². The van der Waals surface area contributed by atoms with Crippen molar-refractivity contribution in [3.63, 3.8) is 0 Å². The van der Waals surface area contributed by atoms with Crippen LogP contribution in [0.1, 0.15) is 11.6 Å². The number of fused-ring (bicyclic) bond motifs is 3. The molecule has 2 heterocycles. The largest absolute Gasteiger partial charge is 0.335 e. The number of hydrogen-bond donors (Lipinski definition) is 1. The predicted octanol–water partition coefficient (Wildman–Crippen LogP) is 3.89. The average Bonchev–Trinajstić information content (AvgIpc) is 2.99. The Hall–Kier alpha value is -2.81. The van der Waals surface area contributed by atoms with E-state index in [2.05, 4.69) is 28.1 Å². The topological polar surface area (TPSA) is 34.0 Å². The highest BCUT2D eigenvalue weighted by atomic mass is 16.2. The van der Waals surface area contributed by atoms with Gasteiger partial charge in [-0.25, -0.2) is 0 Å². The Morgan fingerprint density at radius 1 is 0.909 bits per heavy atom. The van der Waals surface area contributed by atoms with Crippen molar-refractivity contribution in [3.8, 4) is 11.3 Å². The summed E-state index contributed by atoms with van der Waals surface area (Å²) in [6.07, 6.45) is 2.67. The smallest absolute Gasteiger partial charge is 0.247 e. The number of nitrogens with zero attached hydrogens (tertiary/aromatic N) is 1. The molecule has 0 unspecified atom stereocenters. The SMILES string of the molecule is O=C1Nc2ccccc2-c2cccn2[C@H]1Cc1ccccc1. The summed E-state index contributed by atoms with van der Waals surface area (Å²) in [6.45, 7) is 0. The molecule has 1 aliphatic heterocycles. The van der Waals surface area contributed by atoms with Crippen molar-refractivity contribution in [2.45, 2.75) is 12.5 Å². The molecule has 108 valence electrons. The molecule has 0 fully saturated rings. The highest BCUT2D eigenvalue weighted by molar-refractivity contribution is 5.99. The van der Waals surface area contributed by atoms with Gasteiger partial charge in [-0.15, -0.1) is 0 Å². The molecule has 3 aromatic rings. The van der Waals surface area contributed by atoms with Crippen LogP contribution in [0.5, 0.6) is 0 Å². The summed E-state index contributed by atoms with van der Waals surface area (Å²) < 4.78 is 2.08. The van der Waals surface area contributed by atoms with E-state index in [1.165, 1.54) is 0 Å². The maximum absolute atomic E-state index is 12.7. The fraction of sp³-hybridized carbons (Fsp3) is 0.105. The molecular weight excluding hydrogens is 272 g/mol. The molecule has 3 nitrogen and oxygen atoms in total. The van der Waals surface area contributed by atoms with Crippen LogP contribution in [-0.2, 0) is 11.2 Å². The van der Waals surface area contributed by atoms with Crippen molar-refractivity contribution >= 4 is 11.6 Å². The van der Waals surface area contributed by atoms with Gasteiger partial charge < -0.3 is 9.88 Å². The van der Waals surface area contributed by atoms with Crippen LogP contribution in [0.4, 0.5) is 5.69 Å². The number of hydrogen-bond acceptors (Lipinski definition) is 1. The molecule has 0 spiro atoms. The standard InChI is InChI=1S/C19H16N2O/c22-19-18(13-14-7-2-1-3-8-14)21-12-6-11-17(21)15-9-4-5-10-16(15)20-19/h1-12,18H,13H2,(H,20,22)/t18-/m0/s1. The van der Waals surface area contributed by atoms with Crippen molar-refractivity contribution in [3.05, 3.63) is 78.5 Å². The minimum atomic E-state index is -0.236. The molecule has 4 rings (SSSR count). The summed E-state index contributed by atoms with van der Waals surface area (Å²) in [6, 6.07) is 21.9. The molecule has 0 saturated carbocycles. The van der Waals surface area contributed by atoms with E-state index in [0.717, 1.165) is 22.5 Å². The highest BCUT2D eigenvalue weighted by Crippen LogP contribution is 2.34. The van der Waals surface area contributed by atoms with Crippen LogP contribution in [0.3, 0.4) is 0 Å². The van der Waals surface area contributed by atoms with E-state index in [1.807, 2.05) is 54.7 Å². The zero-order valence-electron chi connectivity index (χ0n) is 12.1. The van der Waals surface area contributed by atoms with Crippen LogP contribution in [0.25, 0.3) is 11.3 Å². The van der Waals surface area contributed by atoms with Crippen molar-refractivity contribution in [1.29, 1.82) is 0 Å². The van der Waals surface area contributed by atoms with Gasteiger partial charge in [-0.2, -0.15) is 0 Å². The molecular formula is C19H16N2O. The Balaban J connectivity index is 1.80. The Labute approximate surface area is 129 Å². The monoisotopic (exact) mass is 288 g/mol. The lowest BCUT2D eigenvalue weighted by molar-refractivity contribution is -0.119. The first-order valence-electron chi connectivity index (χ1n) is 7.44. The third kappa shape index (κ3) is 2.11. The lowest BCUT2D eigenvalue weighted by atomic mass is 10.1. The second-order valence-electron chi connectivity index (χ2n) is 5.54. The van der Waals surface area contributed by atoms with Gasteiger partial charge in [0.1, 0.15) is 6.04 Å². The van der Waals surface area contributed by atoms with E-state index >= 15 is 0 Å². The van der Waals surface area contributed by atoms with E-state index in [-0.39, 0.29) is 11.9 Å². The van der Waals surface area contributed by atoms with E-state index in [9.17, 15) is 4.79 Å². The predicted molar refractivity (Wildman–Crippen MR) is 87.7 cm³/mol. The zero-order chi connectivity index (χ0) is 14.9. The fourth-order valence-corrected chi connectivity index (χ4v) is 3.08. The second kappa shape index (κ2) is 5.19. The number of para-hydroxylation sites is 1. The van der Waals surface area contributed by atoms with Gasteiger partial charge in [0.05, 0.1) is 11.4 Å². The zero-order valence-corrected chi connectivity index (χ0v) is 12.1. The Morgan fingerprint density at radius 3 is 2.55 bits per heavy atom. The number of rotatable bonds is 2. The van der Waals surface area contributed by atoms with Gasteiger partial charge in [0.25, 0.3) is 0 Å². The quantitative estimate of drug-likeness (QED) is 0.762. The van der Waals surface area contributed by atoms with Gasteiger partial charge in [-0.05, 0) is 23.8 Å². The third-order valence-corrected chi connectivity index (χ3v) is 4.15. The summed E-state index contributed by atoms with van der Waals surface area (Å²) in [5.41, 5.74) is 4.18. The molecule has 22 heavy (non-hydrogen) atoms. The number of carbonyl (C=O) groups excluding carboxylic acids is 1. The van der Waals surface area contributed by atoms with Gasteiger partial charge in [0.15, 0.2) is 0 Å². The molecule has 0 saturated heterocycles. The number of amides is 1. The molecule has 2 aromatic carbocycles. The van der Waals surface area contributed by atoms with Gasteiger partial charge in [0.2, 0.25) is 5.91 Å². The summed E-state index contributed by atoms with van der Waals surface area (Å²) in [7, 11) is 0. The second-order valence-corrected chi connectivity index (χ2v) is 5.54. The summed E-state index contributed by atoms with van der Waals surface area (Å²) in [5, 5.41) is 3.07. The molecule has 3 heteroatoms. The lowest BCUT2D eigenvalue weighted by Gasteiger charge is -2.17. The molecule has 1 atom stereocenters. The maximum atomic E-state index is 12.7. The molecule has 1 amide bonds.